The van der Waals surface area contributed by atoms with E-state index < -0.39 is 0 Å². The Bertz CT molecular complexity index is 476. The summed E-state index contributed by atoms with van der Waals surface area (Å²) in [6.07, 6.45) is 2.93. The molecule has 0 atom stereocenters. The second-order valence-electron chi connectivity index (χ2n) is 3.67. The maximum absolute atomic E-state index is 9.80. The first-order valence-electron chi connectivity index (χ1n) is 5.37. The van der Waals surface area contributed by atoms with Gasteiger partial charge in [0.05, 0.1) is 10.4 Å². The zero-order valence-corrected chi connectivity index (χ0v) is 9.90. The van der Waals surface area contributed by atoms with E-state index in [4.69, 9.17) is 0 Å². The summed E-state index contributed by atoms with van der Waals surface area (Å²) in [5.41, 5.74) is 2.21. The first-order valence-corrected chi connectivity index (χ1v) is 6.14. The van der Waals surface area contributed by atoms with Crippen molar-refractivity contribution in [3.63, 3.8) is 0 Å². The van der Waals surface area contributed by atoms with Crippen LogP contribution in [0.15, 0.2) is 12.1 Å². The fourth-order valence-corrected chi connectivity index (χ4v) is 2.88. The van der Waals surface area contributed by atoms with Crippen LogP contribution in [0.25, 0.3) is 10.1 Å². The molecule has 1 aromatic carbocycles. The van der Waals surface area contributed by atoms with Gasteiger partial charge in [0.25, 0.3) is 0 Å². The minimum atomic E-state index is 0.413. The molecule has 2 rings (SSSR count). The lowest BCUT2D eigenvalue weighted by atomic mass is 10.1. The van der Waals surface area contributed by atoms with Gasteiger partial charge >= 0.3 is 0 Å². The number of aromatic nitrogens is 1. The van der Waals surface area contributed by atoms with Gasteiger partial charge in [-0.3, -0.25) is 0 Å². The molecule has 0 spiro atoms. The van der Waals surface area contributed by atoms with E-state index in [9.17, 15) is 5.11 Å². The fraction of sp³-hybridized carbons (Fsp3) is 0.417. The number of rotatable bonds is 3. The van der Waals surface area contributed by atoms with Gasteiger partial charge in [-0.15, -0.1) is 0 Å². The van der Waals surface area contributed by atoms with Crippen molar-refractivity contribution in [2.24, 2.45) is 0 Å². The average Bonchev–Trinajstić information content (AvgIpc) is 2.65. The summed E-state index contributed by atoms with van der Waals surface area (Å²) in [6, 6.07) is 3.77. The summed E-state index contributed by atoms with van der Waals surface area (Å²) in [7, 11) is 0. The van der Waals surface area contributed by atoms with Crippen LogP contribution in [0.4, 0.5) is 0 Å². The number of phenols is 1. The Kier molecular flexibility index (Phi) is 2.91. The number of benzene rings is 1. The molecule has 2 aromatic rings. The number of hydrogen-bond donors (Lipinski definition) is 1. The molecule has 0 fully saturated rings. The van der Waals surface area contributed by atoms with Gasteiger partial charge in [0, 0.05) is 10.9 Å². The molecule has 1 aromatic heterocycles. The Labute approximate surface area is 93.7 Å². The van der Waals surface area contributed by atoms with Gasteiger partial charge in [0.1, 0.15) is 5.75 Å². The number of fused-ring (bicyclic) bond motifs is 1. The van der Waals surface area contributed by atoms with Crippen molar-refractivity contribution in [1.82, 2.24) is 4.37 Å². The minimum absolute atomic E-state index is 0.413. The van der Waals surface area contributed by atoms with E-state index in [2.05, 4.69) is 18.2 Å². The molecular formula is C12H15NOS. The van der Waals surface area contributed by atoms with Crippen molar-refractivity contribution in [2.75, 3.05) is 0 Å². The van der Waals surface area contributed by atoms with Crippen LogP contribution in [0.2, 0.25) is 0 Å². The SMILES string of the molecule is CCCc1c(O)ccc2c(CC)nsc12. The normalized spacial score (nSPS) is 11.1. The number of aryl methyl sites for hydroxylation is 2. The summed E-state index contributed by atoms with van der Waals surface area (Å²) in [4.78, 5) is 0. The number of aromatic hydroxyl groups is 1. The third-order valence-corrected chi connectivity index (χ3v) is 3.59. The molecule has 80 valence electrons. The Morgan fingerprint density at radius 2 is 2.13 bits per heavy atom. The standard InChI is InChI=1S/C12H15NOS/c1-3-5-9-11(14)7-6-8-10(4-2)13-15-12(8)9/h6-7,14H,3-5H2,1-2H3. The van der Waals surface area contributed by atoms with E-state index in [0.29, 0.717) is 5.75 Å². The van der Waals surface area contributed by atoms with E-state index in [-0.39, 0.29) is 0 Å². The molecule has 1 N–H and O–H groups in total. The third kappa shape index (κ3) is 1.72. The van der Waals surface area contributed by atoms with Gasteiger partial charge in [-0.05, 0) is 36.5 Å². The van der Waals surface area contributed by atoms with Crippen LogP contribution >= 0.6 is 11.5 Å². The molecule has 0 radical (unpaired) electrons. The Morgan fingerprint density at radius 3 is 2.80 bits per heavy atom. The van der Waals surface area contributed by atoms with Crippen molar-refractivity contribution in [2.45, 2.75) is 33.1 Å². The zero-order valence-electron chi connectivity index (χ0n) is 9.08. The summed E-state index contributed by atoms with van der Waals surface area (Å²) in [6.45, 7) is 4.24. The van der Waals surface area contributed by atoms with Crippen LogP contribution in [0.5, 0.6) is 5.75 Å². The Balaban J connectivity index is 2.66. The quantitative estimate of drug-likeness (QED) is 0.860. The lowest BCUT2D eigenvalue weighted by molar-refractivity contribution is 0.469. The Hall–Kier alpha value is -1.09. The van der Waals surface area contributed by atoms with E-state index in [1.54, 1.807) is 6.07 Å². The van der Waals surface area contributed by atoms with Crippen molar-refractivity contribution >= 4 is 21.6 Å². The molecule has 0 bridgehead atoms. The van der Waals surface area contributed by atoms with Crippen LogP contribution in [-0.2, 0) is 12.8 Å². The van der Waals surface area contributed by atoms with Gasteiger partial charge in [0.15, 0.2) is 0 Å². The third-order valence-electron chi connectivity index (χ3n) is 2.63. The lowest BCUT2D eigenvalue weighted by Gasteiger charge is -2.03. The second kappa shape index (κ2) is 4.19. The average molecular weight is 221 g/mol. The van der Waals surface area contributed by atoms with Gasteiger partial charge < -0.3 is 5.11 Å². The second-order valence-corrected chi connectivity index (χ2v) is 4.45. The van der Waals surface area contributed by atoms with Crippen LogP contribution in [0, 0.1) is 0 Å². The molecule has 0 aliphatic rings. The summed E-state index contributed by atoms with van der Waals surface area (Å²) >= 11 is 1.51. The molecule has 2 nitrogen and oxygen atoms in total. The van der Waals surface area contributed by atoms with E-state index in [0.717, 1.165) is 35.2 Å². The molecule has 1 heterocycles. The predicted molar refractivity (Wildman–Crippen MR) is 64.7 cm³/mol. The van der Waals surface area contributed by atoms with Crippen LogP contribution < -0.4 is 0 Å². The van der Waals surface area contributed by atoms with Gasteiger partial charge in [-0.25, -0.2) is 0 Å². The van der Waals surface area contributed by atoms with Crippen molar-refractivity contribution < 1.29 is 5.11 Å². The lowest BCUT2D eigenvalue weighted by Crippen LogP contribution is -1.85. The topological polar surface area (TPSA) is 33.1 Å². The molecule has 0 unspecified atom stereocenters. The summed E-state index contributed by atoms with van der Waals surface area (Å²) < 4.78 is 5.59. The molecule has 0 aliphatic carbocycles. The van der Waals surface area contributed by atoms with Gasteiger partial charge in [-0.1, -0.05) is 20.3 Å². The maximum atomic E-state index is 9.80. The molecular weight excluding hydrogens is 206 g/mol. The highest BCUT2D eigenvalue weighted by atomic mass is 32.1. The summed E-state index contributed by atoms with van der Waals surface area (Å²) in [5, 5.41) is 11.0. The number of nitrogens with zero attached hydrogens (tertiary/aromatic N) is 1. The van der Waals surface area contributed by atoms with Crippen molar-refractivity contribution in [1.29, 1.82) is 0 Å². The smallest absolute Gasteiger partial charge is 0.120 e. The summed E-state index contributed by atoms with van der Waals surface area (Å²) in [5.74, 6) is 0.413. The molecule has 0 saturated carbocycles. The molecule has 3 heteroatoms. The van der Waals surface area contributed by atoms with E-state index in [1.807, 2.05) is 6.07 Å². The molecule has 0 amide bonds. The molecule has 0 saturated heterocycles. The van der Waals surface area contributed by atoms with Crippen molar-refractivity contribution in [3.8, 4) is 5.75 Å². The van der Waals surface area contributed by atoms with E-state index >= 15 is 0 Å². The Morgan fingerprint density at radius 1 is 1.33 bits per heavy atom. The minimum Gasteiger partial charge on any atom is -0.508 e. The van der Waals surface area contributed by atoms with Crippen LogP contribution in [-0.4, -0.2) is 9.48 Å². The monoisotopic (exact) mass is 221 g/mol. The van der Waals surface area contributed by atoms with E-state index in [1.165, 1.54) is 16.9 Å². The highest BCUT2D eigenvalue weighted by molar-refractivity contribution is 7.13. The van der Waals surface area contributed by atoms with Crippen LogP contribution in [0.1, 0.15) is 31.5 Å². The first-order chi connectivity index (χ1) is 7.27. The van der Waals surface area contributed by atoms with Gasteiger partial charge in [-0.2, -0.15) is 4.37 Å². The highest BCUT2D eigenvalue weighted by Gasteiger charge is 2.11. The molecule has 15 heavy (non-hydrogen) atoms. The van der Waals surface area contributed by atoms with Crippen LogP contribution in [0.3, 0.4) is 0 Å². The predicted octanol–water partition coefficient (Wildman–Crippen LogP) is 3.52. The molecule has 0 aliphatic heterocycles. The largest absolute Gasteiger partial charge is 0.508 e. The number of phenolic OH excluding ortho intramolecular Hbond substituents is 1. The number of hydrogen-bond acceptors (Lipinski definition) is 3. The van der Waals surface area contributed by atoms with Crippen molar-refractivity contribution in [3.05, 3.63) is 23.4 Å². The fourth-order valence-electron chi connectivity index (χ4n) is 1.85. The zero-order chi connectivity index (χ0) is 10.8. The first kappa shape index (κ1) is 10.4. The highest BCUT2D eigenvalue weighted by Crippen LogP contribution is 2.33. The maximum Gasteiger partial charge on any atom is 0.120 e. The van der Waals surface area contributed by atoms with Gasteiger partial charge in [0.2, 0.25) is 0 Å².